The molecule has 3 rings (SSSR count). The summed E-state index contributed by atoms with van der Waals surface area (Å²) >= 11 is 0. The number of aromatic nitrogens is 1. The number of amides is 2. The number of anilines is 1. The van der Waals surface area contributed by atoms with Gasteiger partial charge in [0.05, 0.1) is 30.6 Å². The van der Waals surface area contributed by atoms with Crippen molar-refractivity contribution in [2.75, 3.05) is 19.1 Å². The van der Waals surface area contributed by atoms with Crippen LogP contribution < -0.4 is 10.1 Å². The molecular formula is C15H13N3O3. The van der Waals surface area contributed by atoms with Gasteiger partial charge in [0.1, 0.15) is 5.75 Å². The highest BCUT2D eigenvalue weighted by Crippen LogP contribution is 2.25. The van der Waals surface area contributed by atoms with Crippen molar-refractivity contribution in [3.63, 3.8) is 0 Å². The fourth-order valence-corrected chi connectivity index (χ4v) is 2.23. The molecule has 6 nitrogen and oxygen atoms in total. The van der Waals surface area contributed by atoms with E-state index in [1.165, 1.54) is 12.4 Å². The molecule has 106 valence electrons. The highest BCUT2D eigenvalue weighted by Gasteiger charge is 2.35. The van der Waals surface area contributed by atoms with Crippen LogP contribution in [-0.2, 0) is 0 Å². The predicted molar refractivity (Wildman–Crippen MR) is 76.2 cm³/mol. The van der Waals surface area contributed by atoms with Gasteiger partial charge in [0.2, 0.25) is 0 Å². The largest absolute Gasteiger partial charge is 0.495 e. The van der Waals surface area contributed by atoms with Gasteiger partial charge in [-0.3, -0.25) is 19.5 Å². The molecule has 21 heavy (non-hydrogen) atoms. The van der Waals surface area contributed by atoms with Crippen LogP contribution in [0.4, 0.5) is 5.69 Å². The quantitative estimate of drug-likeness (QED) is 0.866. The maximum atomic E-state index is 12.2. The number of nitrogens with zero attached hydrogens (tertiary/aromatic N) is 2. The fraction of sp³-hybridized carbons (Fsp3) is 0.133. The highest BCUT2D eigenvalue weighted by atomic mass is 16.5. The number of methoxy groups -OCH3 is 1. The Hall–Kier alpha value is -2.89. The lowest BCUT2D eigenvalue weighted by molar-refractivity contribution is 0.0665. The van der Waals surface area contributed by atoms with E-state index in [0.29, 0.717) is 16.9 Å². The fourth-order valence-electron chi connectivity index (χ4n) is 2.23. The Bertz CT molecular complexity index is 680. The van der Waals surface area contributed by atoms with E-state index < -0.39 is 0 Å². The number of nitrogens with one attached hydrogen (secondary N) is 1. The van der Waals surface area contributed by atoms with Crippen LogP contribution in [0.5, 0.6) is 5.75 Å². The summed E-state index contributed by atoms with van der Waals surface area (Å²) in [7, 11) is 1.56. The number of hydrogen-bond acceptors (Lipinski definition) is 5. The van der Waals surface area contributed by atoms with Crippen LogP contribution >= 0.6 is 0 Å². The van der Waals surface area contributed by atoms with Gasteiger partial charge in [-0.25, -0.2) is 0 Å². The molecule has 1 aliphatic heterocycles. The molecule has 6 heteroatoms. The second-order valence-electron chi connectivity index (χ2n) is 4.49. The number of imide groups is 1. The van der Waals surface area contributed by atoms with Crippen LogP contribution in [0.15, 0.2) is 42.7 Å². The van der Waals surface area contributed by atoms with Crippen LogP contribution in [0.3, 0.4) is 0 Å². The lowest BCUT2D eigenvalue weighted by atomic mass is 10.2. The standard InChI is InChI=1S/C15H13N3O3/c1-21-13-5-3-2-4-12(13)17-9-18-14(19)10-6-7-16-8-11(10)15(18)20/h2-8,17H,9H2,1H3. The molecule has 0 saturated heterocycles. The van der Waals surface area contributed by atoms with Gasteiger partial charge in [-0.15, -0.1) is 0 Å². The smallest absolute Gasteiger partial charge is 0.264 e. The summed E-state index contributed by atoms with van der Waals surface area (Å²) in [5.41, 5.74) is 1.44. The number of ether oxygens (including phenoxy) is 1. The van der Waals surface area contributed by atoms with E-state index in [1.807, 2.05) is 18.2 Å². The Morgan fingerprint density at radius 2 is 1.90 bits per heavy atom. The summed E-state index contributed by atoms with van der Waals surface area (Å²) in [5, 5.41) is 3.04. The Morgan fingerprint density at radius 1 is 1.14 bits per heavy atom. The van der Waals surface area contributed by atoms with Crippen molar-refractivity contribution < 1.29 is 14.3 Å². The van der Waals surface area contributed by atoms with Crippen molar-refractivity contribution in [2.45, 2.75) is 0 Å². The maximum absolute atomic E-state index is 12.2. The first-order valence-electron chi connectivity index (χ1n) is 6.39. The third kappa shape index (κ3) is 2.20. The van der Waals surface area contributed by atoms with E-state index in [9.17, 15) is 9.59 Å². The summed E-state index contributed by atoms with van der Waals surface area (Å²) in [6.07, 6.45) is 2.92. The lowest BCUT2D eigenvalue weighted by Crippen LogP contribution is -2.34. The van der Waals surface area contributed by atoms with Gasteiger partial charge in [-0.2, -0.15) is 0 Å². The zero-order valence-corrected chi connectivity index (χ0v) is 11.4. The Morgan fingerprint density at radius 3 is 2.67 bits per heavy atom. The number of pyridine rings is 1. The minimum atomic E-state index is -0.342. The van der Waals surface area contributed by atoms with Crippen molar-refractivity contribution in [1.29, 1.82) is 0 Å². The number of benzene rings is 1. The number of fused-ring (bicyclic) bond motifs is 1. The lowest BCUT2D eigenvalue weighted by Gasteiger charge is -2.17. The summed E-state index contributed by atoms with van der Waals surface area (Å²) in [4.78, 5) is 29.4. The SMILES string of the molecule is COc1ccccc1NCN1C(=O)c2ccncc2C1=O. The molecule has 1 aliphatic rings. The number of carbonyl (C=O) groups excluding carboxylic acids is 2. The first-order valence-corrected chi connectivity index (χ1v) is 6.39. The average Bonchev–Trinajstić information content (AvgIpc) is 2.78. The second-order valence-corrected chi connectivity index (χ2v) is 4.49. The van der Waals surface area contributed by atoms with Gasteiger partial charge in [0.15, 0.2) is 0 Å². The Kier molecular flexibility index (Phi) is 3.27. The van der Waals surface area contributed by atoms with E-state index in [-0.39, 0.29) is 18.5 Å². The first kappa shape index (κ1) is 13.1. The Labute approximate surface area is 121 Å². The first-order chi connectivity index (χ1) is 10.2. The van der Waals surface area contributed by atoms with E-state index >= 15 is 0 Å². The summed E-state index contributed by atoms with van der Waals surface area (Å²) in [6.45, 7) is 0.0761. The van der Waals surface area contributed by atoms with Gasteiger partial charge in [0.25, 0.3) is 11.8 Å². The van der Waals surface area contributed by atoms with Crippen molar-refractivity contribution in [3.8, 4) is 5.75 Å². The minimum Gasteiger partial charge on any atom is -0.495 e. The van der Waals surface area contributed by atoms with E-state index in [2.05, 4.69) is 10.3 Å². The van der Waals surface area contributed by atoms with Crippen LogP contribution in [0.1, 0.15) is 20.7 Å². The molecule has 1 aromatic carbocycles. The monoisotopic (exact) mass is 283 g/mol. The molecule has 0 fully saturated rings. The average molecular weight is 283 g/mol. The molecule has 0 bridgehead atoms. The van der Waals surface area contributed by atoms with Gasteiger partial charge in [-0.1, -0.05) is 12.1 Å². The number of hydrogen-bond donors (Lipinski definition) is 1. The number of para-hydroxylation sites is 2. The number of rotatable bonds is 4. The van der Waals surface area contributed by atoms with E-state index in [0.717, 1.165) is 10.6 Å². The predicted octanol–water partition coefficient (Wildman–Crippen LogP) is 1.76. The third-order valence-corrected chi connectivity index (χ3v) is 3.31. The van der Waals surface area contributed by atoms with E-state index in [1.54, 1.807) is 19.2 Å². The van der Waals surface area contributed by atoms with Crippen LogP contribution in [0.2, 0.25) is 0 Å². The molecule has 0 radical (unpaired) electrons. The molecule has 0 atom stereocenters. The van der Waals surface area contributed by atoms with Crippen LogP contribution in [-0.4, -0.2) is 35.5 Å². The Balaban J connectivity index is 1.78. The minimum absolute atomic E-state index is 0.0761. The van der Waals surface area contributed by atoms with Gasteiger partial charge >= 0.3 is 0 Å². The van der Waals surface area contributed by atoms with Crippen molar-refractivity contribution in [3.05, 3.63) is 53.9 Å². The third-order valence-electron chi connectivity index (χ3n) is 3.31. The normalized spacial score (nSPS) is 13.3. The van der Waals surface area contributed by atoms with Crippen molar-refractivity contribution in [2.24, 2.45) is 0 Å². The second kappa shape index (κ2) is 5.24. The molecule has 0 spiro atoms. The summed E-state index contributed by atoms with van der Waals surface area (Å²) in [6, 6.07) is 8.86. The molecule has 0 aliphatic carbocycles. The van der Waals surface area contributed by atoms with Gasteiger partial charge in [-0.05, 0) is 18.2 Å². The molecule has 1 aromatic heterocycles. The molecule has 0 saturated carbocycles. The molecule has 1 N–H and O–H groups in total. The number of carbonyl (C=O) groups is 2. The topological polar surface area (TPSA) is 71.5 Å². The van der Waals surface area contributed by atoms with Crippen LogP contribution in [0.25, 0.3) is 0 Å². The van der Waals surface area contributed by atoms with Crippen LogP contribution in [0, 0.1) is 0 Å². The zero-order valence-electron chi connectivity index (χ0n) is 11.4. The van der Waals surface area contributed by atoms with Crippen molar-refractivity contribution in [1.82, 2.24) is 9.88 Å². The van der Waals surface area contributed by atoms with Crippen molar-refractivity contribution >= 4 is 17.5 Å². The molecular weight excluding hydrogens is 270 g/mol. The highest BCUT2D eigenvalue weighted by molar-refractivity contribution is 6.21. The summed E-state index contributed by atoms with van der Waals surface area (Å²) < 4.78 is 5.22. The molecule has 0 unspecified atom stereocenters. The molecule has 2 amide bonds. The summed E-state index contributed by atoms with van der Waals surface area (Å²) in [5.74, 6) is -0.0129. The molecule has 2 heterocycles. The zero-order chi connectivity index (χ0) is 14.8. The maximum Gasteiger partial charge on any atom is 0.264 e. The van der Waals surface area contributed by atoms with Gasteiger partial charge in [0, 0.05) is 12.4 Å². The van der Waals surface area contributed by atoms with E-state index in [4.69, 9.17) is 4.74 Å². The molecule has 2 aromatic rings. The van der Waals surface area contributed by atoms with Gasteiger partial charge < -0.3 is 10.1 Å².